The van der Waals surface area contributed by atoms with Crippen LogP contribution in [0.2, 0.25) is 0 Å². The highest BCUT2D eigenvalue weighted by Crippen LogP contribution is 2.28. The molecule has 1 aliphatic carbocycles. The predicted octanol–water partition coefficient (Wildman–Crippen LogP) is 4.96. The highest BCUT2D eigenvalue weighted by atomic mass is 32.2. The molecule has 11 heteroatoms. The second-order valence-corrected chi connectivity index (χ2v) is 12.5. The number of carbonyl (C=O) groups is 2. The Kier molecular flexibility index (Phi) is 9.95. The van der Waals surface area contributed by atoms with Crippen LogP contribution in [0.5, 0.6) is 0 Å². The summed E-state index contributed by atoms with van der Waals surface area (Å²) >= 11 is 0. The molecule has 2 amide bonds. The van der Waals surface area contributed by atoms with Crippen molar-refractivity contribution in [3.63, 3.8) is 0 Å². The Morgan fingerprint density at radius 2 is 1.64 bits per heavy atom. The summed E-state index contributed by atoms with van der Waals surface area (Å²) in [6, 6.07) is 19.4. The minimum Gasteiger partial charge on any atom is -0.352 e. The van der Waals surface area contributed by atoms with Gasteiger partial charge in [0.05, 0.1) is 15.5 Å². The van der Waals surface area contributed by atoms with E-state index in [0.29, 0.717) is 0 Å². The number of non-ortho nitro benzene ring substituents is 1. The molecule has 0 saturated heterocycles. The SMILES string of the molecule is Cc1ccc(CN(C(=O)CN(c2cccc([N+](=O)[O-])c2)S(=O)(=O)c2ccccc2)[C@H](C)C(=O)NC2CCCCC2)cc1. The summed E-state index contributed by atoms with van der Waals surface area (Å²) in [4.78, 5) is 39.6. The number of nitrogens with one attached hydrogen (secondary N) is 1. The van der Waals surface area contributed by atoms with Gasteiger partial charge < -0.3 is 10.2 Å². The van der Waals surface area contributed by atoms with Gasteiger partial charge in [-0.25, -0.2) is 8.42 Å². The zero-order valence-corrected chi connectivity index (χ0v) is 24.6. The molecule has 1 N–H and O–H groups in total. The number of aryl methyl sites for hydroxylation is 1. The summed E-state index contributed by atoms with van der Waals surface area (Å²) in [5.74, 6) is -0.928. The summed E-state index contributed by atoms with van der Waals surface area (Å²) in [6.45, 7) is 2.99. The minimum atomic E-state index is -4.31. The van der Waals surface area contributed by atoms with E-state index in [2.05, 4.69) is 5.32 Å². The molecule has 0 bridgehead atoms. The van der Waals surface area contributed by atoms with Crippen molar-refractivity contribution in [1.82, 2.24) is 10.2 Å². The molecule has 1 aliphatic rings. The van der Waals surface area contributed by atoms with Crippen LogP contribution in [0.3, 0.4) is 0 Å². The van der Waals surface area contributed by atoms with Gasteiger partial charge in [-0.3, -0.25) is 24.0 Å². The first-order valence-corrected chi connectivity index (χ1v) is 15.5. The fourth-order valence-electron chi connectivity index (χ4n) is 5.05. The van der Waals surface area contributed by atoms with Crippen LogP contribution in [-0.4, -0.2) is 48.7 Å². The lowest BCUT2D eigenvalue weighted by Crippen LogP contribution is -2.53. The van der Waals surface area contributed by atoms with Gasteiger partial charge in [-0.2, -0.15) is 0 Å². The van der Waals surface area contributed by atoms with Crippen LogP contribution in [0, 0.1) is 17.0 Å². The van der Waals surface area contributed by atoms with E-state index in [1.54, 1.807) is 25.1 Å². The average molecular weight is 593 g/mol. The molecule has 42 heavy (non-hydrogen) atoms. The van der Waals surface area contributed by atoms with E-state index >= 15 is 0 Å². The zero-order valence-electron chi connectivity index (χ0n) is 23.8. The fourth-order valence-corrected chi connectivity index (χ4v) is 6.48. The second kappa shape index (κ2) is 13.6. The lowest BCUT2D eigenvalue weighted by molar-refractivity contribution is -0.384. The van der Waals surface area contributed by atoms with Crippen LogP contribution in [0.1, 0.15) is 50.2 Å². The third-order valence-corrected chi connectivity index (χ3v) is 9.32. The highest BCUT2D eigenvalue weighted by molar-refractivity contribution is 7.92. The van der Waals surface area contributed by atoms with Gasteiger partial charge >= 0.3 is 0 Å². The number of hydrogen-bond acceptors (Lipinski definition) is 6. The molecular formula is C31H36N4O6S. The molecule has 222 valence electrons. The van der Waals surface area contributed by atoms with Gasteiger partial charge in [-0.1, -0.05) is 73.4 Å². The lowest BCUT2D eigenvalue weighted by Gasteiger charge is -2.33. The molecule has 0 unspecified atom stereocenters. The monoisotopic (exact) mass is 592 g/mol. The number of anilines is 1. The van der Waals surface area contributed by atoms with E-state index < -0.39 is 33.4 Å². The quantitative estimate of drug-likeness (QED) is 0.247. The van der Waals surface area contributed by atoms with E-state index in [0.717, 1.165) is 53.6 Å². The van der Waals surface area contributed by atoms with Gasteiger partial charge in [0.15, 0.2) is 0 Å². The van der Waals surface area contributed by atoms with Crippen molar-refractivity contribution < 1.29 is 22.9 Å². The Bertz CT molecular complexity index is 1510. The number of sulfonamides is 1. The first-order valence-electron chi connectivity index (χ1n) is 14.0. The van der Waals surface area contributed by atoms with Crippen molar-refractivity contribution in [2.24, 2.45) is 0 Å². The first-order chi connectivity index (χ1) is 20.1. The summed E-state index contributed by atoms with van der Waals surface area (Å²) < 4.78 is 28.5. The maximum absolute atomic E-state index is 14.0. The van der Waals surface area contributed by atoms with Crippen LogP contribution in [0.25, 0.3) is 0 Å². The standard InChI is InChI=1S/C31H36N4O6S/c1-23-16-18-25(19-17-23)21-33(24(2)31(37)32-26-10-5-3-6-11-26)30(36)22-34(27-12-9-13-28(20-27)35(38)39)42(40,41)29-14-7-4-8-15-29/h4,7-9,12-20,24,26H,3,5-6,10-11,21-22H2,1-2H3,(H,32,37)/t24-/m1/s1. The van der Waals surface area contributed by atoms with E-state index in [4.69, 9.17) is 0 Å². The molecule has 1 saturated carbocycles. The minimum absolute atomic E-state index is 0.0315. The summed E-state index contributed by atoms with van der Waals surface area (Å²) in [5.41, 5.74) is 1.46. The van der Waals surface area contributed by atoms with Gasteiger partial charge in [0.1, 0.15) is 12.6 Å². The molecule has 0 aromatic heterocycles. The van der Waals surface area contributed by atoms with E-state index in [-0.39, 0.29) is 34.8 Å². The van der Waals surface area contributed by atoms with E-state index in [9.17, 15) is 28.1 Å². The Balaban J connectivity index is 1.69. The van der Waals surface area contributed by atoms with E-state index in [1.807, 2.05) is 31.2 Å². The third kappa shape index (κ3) is 7.52. The van der Waals surface area contributed by atoms with Crippen LogP contribution in [0.4, 0.5) is 11.4 Å². The molecule has 0 radical (unpaired) electrons. The van der Waals surface area contributed by atoms with Gasteiger partial charge in [-0.05, 0) is 50.5 Å². The fraction of sp³-hybridized carbons (Fsp3) is 0.355. The largest absolute Gasteiger partial charge is 0.352 e. The van der Waals surface area contributed by atoms with Crippen molar-refractivity contribution in [3.8, 4) is 0 Å². The normalized spacial score (nSPS) is 14.5. The highest BCUT2D eigenvalue weighted by Gasteiger charge is 2.33. The van der Waals surface area contributed by atoms with Crippen molar-refractivity contribution in [2.45, 2.75) is 69.5 Å². The number of nitro benzene ring substituents is 1. The molecule has 0 aliphatic heterocycles. The second-order valence-electron chi connectivity index (χ2n) is 10.6. The Morgan fingerprint density at radius 1 is 0.976 bits per heavy atom. The molecule has 3 aromatic rings. The Morgan fingerprint density at radius 3 is 2.29 bits per heavy atom. The molecule has 1 atom stereocenters. The lowest BCUT2D eigenvalue weighted by atomic mass is 9.95. The van der Waals surface area contributed by atoms with Gasteiger partial charge in [0.2, 0.25) is 11.8 Å². The predicted molar refractivity (Wildman–Crippen MR) is 160 cm³/mol. The molecule has 10 nitrogen and oxygen atoms in total. The molecule has 0 heterocycles. The van der Waals surface area contributed by atoms with Gasteiger partial charge in [0.25, 0.3) is 15.7 Å². The molecule has 0 spiro atoms. The number of benzene rings is 3. The van der Waals surface area contributed by atoms with Crippen molar-refractivity contribution >= 4 is 33.2 Å². The van der Waals surface area contributed by atoms with Crippen LogP contribution >= 0.6 is 0 Å². The number of hydrogen-bond donors (Lipinski definition) is 1. The van der Waals surface area contributed by atoms with Crippen molar-refractivity contribution in [1.29, 1.82) is 0 Å². The first kappa shape index (κ1) is 30.7. The zero-order chi connectivity index (χ0) is 30.3. The number of amides is 2. The molecule has 4 rings (SSSR count). The van der Waals surface area contributed by atoms with Crippen LogP contribution in [0.15, 0.2) is 83.8 Å². The van der Waals surface area contributed by atoms with Gasteiger partial charge in [0, 0.05) is 24.7 Å². The topological polar surface area (TPSA) is 130 Å². The van der Waals surface area contributed by atoms with E-state index in [1.165, 1.54) is 35.2 Å². The smallest absolute Gasteiger partial charge is 0.271 e. The summed E-state index contributed by atoms with van der Waals surface area (Å²) in [7, 11) is -4.31. The third-order valence-electron chi connectivity index (χ3n) is 7.53. The average Bonchev–Trinajstić information content (AvgIpc) is 3.00. The molecule has 1 fully saturated rings. The number of carbonyl (C=O) groups excluding carboxylic acids is 2. The molecule has 3 aromatic carbocycles. The van der Waals surface area contributed by atoms with Crippen LogP contribution in [-0.2, 0) is 26.2 Å². The maximum Gasteiger partial charge on any atom is 0.271 e. The number of rotatable bonds is 11. The summed E-state index contributed by atoms with van der Waals surface area (Å²) in [6.07, 6.45) is 4.94. The molecular weight excluding hydrogens is 556 g/mol. The number of nitrogens with zero attached hydrogens (tertiary/aromatic N) is 3. The Hall–Kier alpha value is -4.25. The van der Waals surface area contributed by atoms with Gasteiger partial charge in [-0.15, -0.1) is 0 Å². The number of nitro groups is 1. The Labute approximate surface area is 246 Å². The van der Waals surface area contributed by atoms with Crippen molar-refractivity contribution in [3.05, 3.63) is 100 Å². The maximum atomic E-state index is 14.0. The summed E-state index contributed by atoms with van der Waals surface area (Å²) in [5, 5.41) is 14.6. The van der Waals surface area contributed by atoms with Crippen LogP contribution < -0.4 is 9.62 Å². The van der Waals surface area contributed by atoms with Crippen molar-refractivity contribution in [2.75, 3.05) is 10.8 Å².